The Balaban J connectivity index is 1.39. The fourth-order valence-corrected chi connectivity index (χ4v) is 3.86. The molecule has 35 heavy (non-hydrogen) atoms. The number of hydrogen-bond donors (Lipinski definition) is 2. The molecule has 0 radical (unpaired) electrons. The minimum Gasteiger partial charge on any atom is -0.493 e. The van der Waals surface area contributed by atoms with Gasteiger partial charge in [0.05, 0.1) is 20.8 Å². The van der Waals surface area contributed by atoms with Crippen LogP contribution in [0.1, 0.15) is 28.8 Å². The number of methoxy groups -OCH3 is 2. The first kappa shape index (κ1) is 26.3. The van der Waals surface area contributed by atoms with Crippen LogP contribution in [0.2, 0.25) is 0 Å². The van der Waals surface area contributed by atoms with Crippen LogP contribution in [0.4, 0.5) is 0 Å². The quantitative estimate of drug-likeness (QED) is 0.476. The fraction of sp³-hybridized carbons (Fsp3) is 0.462. The Hall–Kier alpha value is -3.30. The third-order valence-electron chi connectivity index (χ3n) is 5.97. The summed E-state index contributed by atoms with van der Waals surface area (Å²) >= 11 is 0. The second-order valence-electron chi connectivity index (χ2n) is 8.35. The van der Waals surface area contributed by atoms with Gasteiger partial charge in [-0.2, -0.15) is 0 Å². The van der Waals surface area contributed by atoms with Gasteiger partial charge in [0.15, 0.2) is 11.5 Å². The summed E-state index contributed by atoms with van der Waals surface area (Å²) in [6, 6.07) is 13.0. The van der Waals surface area contributed by atoms with Crippen LogP contribution < -0.4 is 24.8 Å². The zero-order valence-electron chi connectivity index (χ0n) is 20.7. The molecule has 1 heterocycles. The van der Waals surface area contributed by atoms with E-state index in [0.717, 1.165) is 43.9 Å². The van der Waals surface area contributed by atoms with Gasteiger partial charge in [0.2, 0.25) is 5.91 Å². The molecule has 1 saturated heterocycles. The molecule has 1 fully saturated rings. The molecule has 9 nitrogen and oxygen atoms in total. The molecular weight excluding hydrogens is 450 g/mol. The van der Waals surface area contributed by atoms with E-state index in [9.17, 15) is 9.59 Å². The summed E-state index contributed by atoms with van der Waals surface area (Å²) in [4.78, 5) is 26.9. The van der Waals surface area contributed by atoms with Crippen molar-refractivity contribution >= 4 is 11.8 Å². The van der Waals surface area contributed by atoms with Crippen LogP contribution in [0, 0.1) is 0 Å². The van der Waals surface area contributed by atoms with Crippen molar-refractivity contribution in [3.8, 4) is 17.2 Å². The molecule has 3 rings (SSSR count). The van der Waals surface area contributed by atoms with E-state index in [1.165, 1.54) is 14.2 Å². The average Bonchev–Trinajstić information content (AvgIpc) is 2.90. The molecule has 0 aliphatic carbocycles. The molecule has 0 saturated carbocycles. The second kappa shape index (κ2) is 13.6. The second-order valence-corrected chi connectivity index (χ2v) is 8.35. The highest BCUT2D eigenvalue weighted by Crippen LogP contribution is 2.27. The molecule has 190 valence electrons. The number of nitrogens with one attached hydrogen (secondary N) is 2. The molecular formula is C26H35N3O6. The van der Waals surface area contributed by atoms with Crippen molar-refractivity contribution in [2.45, 2.75) is 25.4 Å². The van der Waals surface area contributed by atoms with Gasteiger partial charge in [-0.05, 0) is 55.8 Å². The molecule has 1 aliphatic heterocycles. The van der Waals surface area contributed by atoms with Crippen molar-refractivity contribution in [1.82, 2.24) is 15.5 Å². The summed E-state index contributed by atoms with van der Waals surface area (Å²) in [6.07, 6.45) is 2.11. The molecule has 2 amide bonds. The SMILES string of the molecule is COc1ccc(C(=O)NCC(=O)NCc2cccc(OCCN(C)C3CCOCC3)c2)cc1OC. The smallest absolute Gasteiger partial charge is 0.251 e. The lowest BCUT2D eigenvalue weighted by atomic mass is 10.1. The highest BCUT2D eigenvalue weighted by Gasteiger charge is 2.18. The Morgan fingerprint density at radius 3 is 2.54 bits per heavy atom. The van der Waals surface area contributed by atoms with Gasteiger partial charge in [-0.15, -0.1) is 0 Å². The van der Waals surface area contributed by atoms with Gasteiger partial charge in [0, 0.05) is 37.9 Å². The number of carbonyl (C=O) groups is 2. The molecule has 2 aromatic carbocycles. The number of likely N-dealkylation sites (N-methyl/N-ethyl adjacent to an activating group) is 1. The number of ether oxygens (including phenoxy) is 4. The Morgan fingerprint density at radius 2 is 1.80 bits per heavy atom. The van der Waals surface area contributed by atoms with Gasteiger partial charge in [-0.25, -0.2) is 0 Å². The lowest BCUT2D eigenvalue weighted by Gasteiger charge is -2.31. The van der Waals surface area contributed by atoms with Crippen molar-refractivity contribution in [3.63, 3.8) is 0 Å². The van der Waals surface area contributed by atoms with E-state index in [4.69, 9.17) is 18.9 Å². The van der Waals surface area contributed by atoms with Gasteiger partial charge in [0.25, 0.3) is 5.91 Å². The van der Waals surface area contributed by atoms with Gasteiger partial charge in [-0.1, -0.05) is 12.1 Å². The largest absolute Gasteiger partial charge is 0.493 e. The van der Waals surface area contributed by atoms with Crippen LogP contribution in [0.15, 0.2) is 42.5 Å². The first-order valence-electron chi connectivity index (χ1n) is 11.8. The number of rotatable bonds is 12. The maximum atomic E-state index is 12.4. The predicted molar refractivity (Wildman–Crippen MR) is 132 cm³/mol. The van der Waals surface area contributed by atoms with Crippen molar-refractivity contribution in [1.29, 1.82) is 0 Å². The molecule has 0 aromatic heterocycles. The van der Waals surface area contributed by atoms with E-state index in [-0.39, 0.29) is 18.4 Å². The highest BCUT2D eigenvalue weighted by molar-refractivity contribution is 5.97. The fourth-order valence-electron chi connectivity index (χ4n) is 3.86. The van der Waals surface area contributed by atoms with Crippen LogP contribution in [0.3, 0.4) is 0 Å². The molecule has 2 aromatic rings. The van der Waals surface area contributed by atoms with Gasteiger partial charge < -0.3 is 29.6 Å². The van der Waals surface area contributed by atoms with E-state index >= 15 is 0 Å². The summed E-state index contributed by atoms with van der Waals surface area (Å²) in [5.41, 5.74) is 1.29. The van der Waals surface area contributed by atoms with Crippen LogP contribution in [0.5, 0.6) is 17.2 Å². The molecule has 0 unspecified atom stereocenters. The van der Waals surface area contributed by atoms with E-state index < -0.39 is 0 Å². The van der Waals surface area contributed by atoms with Crippen LogP contribution in [-0.2, 0) is 16.1 Å². The molecule has 0 spiro atoms. The van der Waals surface area contributed by atoms with Crippen LogP contribution in [-0.4, -0.2) is 76.9 Å². The predicted octanol–water partition coefficient (Wildman–Crippen LogP) is 2.24. The van der Waals surface area contributed by atoms with E-state index in [1.54, 1.807) is 18.2 Å². The number of amides is 2. The molecule has 2 N–H and O–H groups in total. The topological polar surface area (TPSA) is 98.4 Å². The zero-order chi connectivity index (χ0) is 25.0. The van der Waals surface area contributed by atoms with Crippen molar-refractivity contribution in [2.24, 2.45) is 0 Å². The van der Waals surface area contributed by atoms with Crippen LogP contribution >= 0.6 is 0 Å². The number of hydrogen-bond acceptors (Lipinski definition) is 7. The summed E-state index contributed by atoms with van der Waals surface area (Å²) in [6.45, 7) is 3.27. The number of carbonyl (C=O) groups excluding carboxylic acids is 2. The number of benzene rings is 2. The molecule has 0 bridgehead atoms. The summed E-state index contributed by atoms with van der Waals surface area (Å²) in [5, 5.41) is 5.43. The van der Waals surface area contributed by atoms with E-state index in [0.29, 0.717) is 36.3 Å². The van der Waals surface area contributed by atoms with Gasteiger partial charge in [-0.3, -0.25) is 14.5 Å². The first-order valence-corrected chi connectivity index (χ1v) is 11.8. The lowest BCUT2D eigenvalue weighted by Crippen LogP contribution is -2.38. The van der Waals surface area contributed by atoms with Gasteiger partial charge in [0.1, 0.15) is 12.4 Å². The minimum absolute atomic E-state index is 0.137. The van der Waals surface area contributed by atoms with Crippen LogP contribution in [0.25, 0.3) is 0 Å². The first-order chi connectivity index (χ1) is 17.0. The Labute approximate surface area is 206 Å². The zero-order valence-corrected chi connectivity index (χ0v) is 20.7. The third-order valence-corrected chi connectivity index (χ3v) is 5.97. The third kappa shape index (κ3) is 8.15. The van der Waals surface area contributed by atoms with Crippen molar-refractivity contribution in [3.05, 3.63) is 53.6 Å². The van der Waals surface area contributed by atoms with E-state index in [2.05, 4.69) is 22.6 Å². The van der Waals surface area contributed by atoms with Crippen molar-refractivity contribution < 1.29 is 28.5 Å². The minimum atomic E-state index is -0.373. The monoisotopic (exact) mass is 485 g/mol. The highest BCUT2D eigenvalue weighted by atomic mass is 16.5. The Bertz CT molecular complexity index is 977. The molecule has 9 heteroatoms. The Morgan fingerprint density at radius 1 is 1.03 bits per heavy atom. The van der Waals surface area contributed by atoms with Crippen molar-refractivity contribution in [2.75, 3.05) is 54.2 Å². The molecule has 0 atom stereocenters. The maximum Gasteiger partial charge on any atom is 0.251 e. The lowest BCUT2D eigenvalue weighted by molar-refractivity contribution is -0.120. The summed E-state index contributed by atoms with van der Waals surface area (Å²) in [7, 11) is 5.14. The summed E-state index contributed by atoms with van der Waals surface area (Å²) in [5.74, 6) is 1.07. The summed E-state index contributed by atoms with van der Waals surface area (Å²) < 4.78 is 21.7. The normalized spacial score (nSPS) is 13.8. The Kier molecular flexibility index (Phi) is 10.2. The van der Waals surface area contributed by atoms with Gasteiger partial charge >= 0.3 is 0 Å². The average molecular weight is 486 g/mol. The standard InChI is InChI=1S/C26H35N3O6/c1-29(21-9-12-34-13-10-21)11-14-35-22-6-4-5-19(15-22)17-27-25(30)18-28-26(31)20-7-8-23(32-2)24(16-20)33-3/h4-8,15-16,21H,9-14,17-18H2,1-3H3,(H,27,30)(H,28,31). The number of nitrogens with zero attached hydrogens (tertiary/aromatic N) is 1. The molecule has 1 aliphatic rings. The van der Waals surface area contributed by atoms with E-state index in [1.807, 2.05) is 24.3 Å². The maximum absolute atomic E-state index is 12.4.